The molecule has 0 bridgehead atoms. The first-order valence-electron chi connectivity index (χ1n) is 8.76. The molecule has 134 valence electrons. The van der Waals surface area contributed by atoms with Gasteiger partial charge >= 0.3 is 0 Å². The molecule has 4 rings (SSSR count). The Kier molecular flexibility index (Phi) is 4.00. The lowest BCUT2D eigenvalue weighted by Crippen LogP contribution is -2.44. The molecule has 1 aromatic heterocycles. The first kappa shape index (κ1) is 16.5. The highest BCUT2D eigenvalue weighted by atomic mass is 19.2. The number of nitrogens with zero attached hydrogens (tertiary/aromatic N) is 2. The van der Waals surface area contributed by atoms with Crippen LogP contribution in [0.2, 0.25) is 0 Å². The Morgan fingerprint density at radius 3 is 2.52 bits per heavy atom. The van der Waals surface area contributed by atoms with Crippen LogP contribution in [0.5, 0.6) is 0 Å². The van der Waals surface area contributed by atoms with E-state index in [1.807, 2.05) is 4.90 Å². The van der Waals surface area contributed by atoms with Gasteiger partial charge in [-0.3, -0.25) is 4.79 Å². The second-order valence-corrected chi connectivity index (χ2v) is 6.88. The molecule has 5 nitrogen and oxygen atoms in total. The molecule has 7 heteroatoms. The zero-order valence-corrected chi connectivity index (χ0v) is 14.2. The molecule has 0 atom stereocenters. The first-order valence-corrected chi connectivity index (χ1v) is 8.76. The molecule has 3 N–H and O–H groups in total. The summed E-state index contributed by atoms with van der Waals surface area (Å²) in [6.07, 6.45) is 1.77. The molecule has 1 saturated carbocycles. The second kappa shape index (κ2) is 6.07. The number of aromatic nitrogens is 1. The van der Waals surface area contributed by atoms with Crippen LogP contribution in [-0.2, 0) is 6.54 Å². The molecule has 2 fully saturated rings. The average Bonchev–Trinajstić information content (AvgIpc) is 3.44. The van der Waals surface area contributed by atoms with Crippen molar-refractivity contribution in [3.8, 4) is 0 Å². The van der Waals surface area contributed by atoms with E-state index in [2.05, 4.69) is 5.32 Å². The van der Waals surface area contributed by atoms with Gasteiger partial charge in [0.25, 0.3) is 5.56 Å². The number of aryl methyl sites for hydroxylation is 1. The summed E-state index contributed by atoms with van der Waals surface area (Å²) in [5.41, 5.74) is 7.30. The third-order valence-electron chi connectivity index (χ3n) is 5.23. The normalized spacial score (nSPS) is 18.2. The summed E-state index contributed by atoms with van der Waals surface area (Å²) in [4.78, 5) is 14.5. The fourth-order valence-electron chi connectivity index (χ4n) is 3.90. The molecule has 0 unspecified atom stereocenters. The second-order valence-electron chi connectivity index (χ2n) is 6.88. The van der Waals surface area contributed by atoms with E-state index in [1.165, 1.54) is 6.07 Å². The van der Waals surface area contributed by atoms with Crippen LogP contribution in [0, 0.1) is 18.6 Å². The van der Waals surface area contributed by atoms with Crippen molar-refractivity contribution in [1.82, 2.24) is 9.88 Å². The molecular weight excluding hydrogens is 326 g/mol. The lowest BCUT2D eigenvalue weighted by atomic mass is 10.0. The Morgan fingerprint density at radius 1 is 1.24 bits per heavy atom. The van der Waals surface area contributed by atoms with E-state index in [4.69, 9.17) is 5.73 Å². The van der Waals surface area contributed by atoms with Crippen LogP contribution in [-0.4, -0.2) is 30.7 Å². The molecule has 0 amide bonds. The van der Waals surface area contributed by atoms with Gasteiger partial charge < -0.3 is 20.5 Å². The number of hydrogen-bond donors (Lipinski definition) is 2. The summed E-state index contributed by atoms with van der Waals surface area (Å²) in [5, 5.41) is 3.37. The molecule has 2 heterocycles. The molecule has 2 aromatic rings. The zero-order valence-electron chi connectivity index (χ0n) is 14.2. The standard InChI is InChI=1S/C18H22F2N4O/c1-10-17-14(11(9-21)8-13(25)24(17)12-2-3-12)15(19)16(20)18(10)23-6-4-22-5-7-23/h8,12,22H,2-7,9,21H2,1H3. The largest absolute Gasteiger partial charge is 0.366 e. The van der Waals surface area contributed by atoms with Crippen molar-refractivity contribution in [2.45, 2.75) is 32.4 Å². The van der Waals surface area contributed by atoms with Gasteiger partial charge in [-0.05, 0) is 25.3 Å². The van der Waals surface area contributed by atoms with Crippen molar-refractivity contribution in [1.29, 1.82) is 0 Å². The highest BCUT2D eigenvalue weighted by molar-refractivity contribution is 5.91. The maximum Gasteiger partial charge on any atom is 0.251 e. The number of rotatable bonds is 3. The maximum absolute atomic E-state index is 15.0. The van der Waals surface area contributed by atoms with Crippen LogP contribution >= 0.6 is 0 Å². The van der Waals surface area contributed by atoms with Crippen molar-refractivity contribution < 1.29 is 8.78 Å². The summed E-state index contributed by atoms with van der Waals surface area (Å²) in [7, 11) is 0. The van der Waals surface area contributed by atoms with Gasteiger partial charge in [0.1, 0.15) is 0 Å². The van der Waals surface area contributed by atoms with E-state index in [1.54, 1.807) is 11.5 Å². The number of benzene rings is 1. The predicted octanol–water partition coefficient (Wildman–Crippen LogP) is 1.79. The van der Waals surface area contributed by atoms with Crippen LogP contribution in [0.3, 0.4) is 0 Å². The predicted molar refractivity (Wildman–Crippen MR) is 94.1 cm³/mol. The molecule has 25 heavy (non-hydrogen) atoms. The Morgan fingerprint density at radius 2 is 1.92 bits per heavy atom. The minimum atomic E-state index is -0.899. The van der Waals surface area contributed by atoms with E-state index < -0.39 is 11.6 Å². The summed E-state index contributed by atoms with van der Waals surface area (Å²) in [6, 6.07) is 1.42. The zero-order chi connectivity index (χ0) is 17.7. The SMILES string of the molecule is Cc1c(N2CCNCC2)c(F)c(F)c2c(CN)cc(=O)n(C3CC3)c12. The lowest BCUT2D eigenvalue weighted by Gasteiger charge is -2.32. The van der Waals surface area contributed by atoms with Crippen molar-refractivity contribution in [2.24, 2.45) is 5.73 Å². The Hall–Kier alpha value is -1.99. The third kappa shape index (κ3) is 2.53. The number of pyridine rings is 1. The van der Waals surface area contributed by atoms with Gasteiger partial charge in [0.15, 0.2) is 11.6 Å². The number of anilines is 1. The fourth-order valence-corrected chi connectivity index (χ4v) is 3.90. The van der Waals surface area contributed by atoms with Crippen LogP contribution in [0.25, 0.3) is 10.9 Å². The van der Waals surface area contributed by atoms with Gasteiger partial charge in [-0.1, -0.05) is 0 Å². The molecule has 1 aliphatic heterocycles. The van der Waals surface area contributed by atoms with E-state index in [0.717, 1.165) is 25.9 Å². The smallest absolute Gasteiger partial charge is 0.251 e. The Bertz CT molecular complexity index is 899. The lowest BCUT2D eigenvalue weighted by molar-refractivity contribution is 0.504. The summed E-state index contributed by atoms with van der Waals surface area (Å²) < 4.78 is 31.7. The van der Waals surface area contributed by atoms with Crippen LogP contribution in [0.1, 0.15) is 30.0 Å². The molecule has 1 aromatic carbocycles. The third-order valence-corrected chi connectivity index (χ3v) is 5.23. The monoisotopic (exact) mass is 348 g/mol. The van der Waals surface area contributed by atoms with E-state index >= 15 is 4.39 Å². The first-order chi connectivity index (χ1) is 12.0. The van der Waals surface area contributed by atoms with Gasteiger partial charge in [-0.2, -0.15) is 0 Å². The number of halogens is 2. The van der Waals surface area contributed by atoms with Gasteiger partial charge in [0.2, 0.25) is 0 Å². The quantitative estimate of drug-likeness (QED) is 0.888. The van der Waals surface area contributed by atoms with Crippen molar-refractivity contribution in [3.63, 3.8) is 0 Å². The van der Waals surface area contributed by atoms with Gasteiger partial charge in [0, 0.05) is 55.8 Å². The molecule has 1 saturated heterocycles. The number of nitrogens with two attached hydrogens (primary N) is 1. The van der Waals surface area contributed by atoms with Gasteiger partial charge in [-0.25, -0.2) is 8.78 Å². The van der Waals surface area contributed by atoms with E-state index in [9.17, 15) is 9.18 Å². The molecular formula is C18H22F2N4O. The number of fused-ring (bicyclic) bond motifs is 1. The molecule has 2 aliphatic rings. The van der Waals surface area contributed by atoms with Crippen molar-refractivity contribution in [3.05, 3.63) is 39.2 Å². The van der Waals surface area contributed by atoms with Crippen LogP contribution in [0.15, 0.2) is 10.9 Å². The Labute approximate surface area is 144 Å². The highest BCUT2D eigenvalue weighted by Gasteiger charge is 2.31. The topological polar surface area (TPSA) is 63.3 Å². The van der Waals surface area contributed by atoms with E-state index in [-0.39, 0.29) is 29.2 Å². The summed E-state index contributed by atoms with van der Waals surface area (Å²) in [6.45, 7) is 4.42. The summed E-state index contributed by atoms with van der Waals surface area (Å²) in [5.74, 6) is -1.74. The molecule has 0 spiro atoms. The van der Waals surface area contributed by atoms with Gasteiger partial charge in [-0.15, -0.1) is 0 Å². The van der Waals surface area contributed by atoms with Crippen LogP contribution < -0.4 is 21.5 Å². The number of nitrogens with one attached hydrogen (secondary N) is 1. The highest BCUT2D eigenvalue weighted by Crippen LogP contribution is 2.41. The molecule has 1 aliphatic carbocycles. The Balaban J connectivity index is 2.09. The minimum Gasteiger partial charge on any atom is -0.366 e. The van der Waals surface area contributed by atoms with E-state index in [0.29, 0.717) is 29.7 Å². The number of piperazine rings is 1. The van der Waals surface area contributed by atoms with Crippen LogP contribution in [0.4, 0.5) is 14.5 Å². The van der Waals surface area contributed by atoms with Crippen molar-refractivity contribution >= 4 is 16.6 Å². The fraction of sp³-hybridized carbons (Fsp3) is 0.500. The van der Waals surface area contributed by atoms with Gasteiger partial charge in [0.05, 0.1) is 11.2 Å². The number of hydrogen-bond acceptors (Lipinski definition) is 4. The van der Waals surface area contributed by atoms with Crippen molar-refractivity contribution in [2.75, 3.05) is 31.1 Å². The minimum absolute atomic E-state index is 0.0000274. The average molecular weight is 348 g/mol. The maximum atomic E-state index is 15.0. The summed E-state index contributed by atoms with van der Waals surface area (Å²) >= 11 is 0. The molecule has 0 radical (unpaired) electrons.